The number of aromatic nitrogens is 3. The number of anilines is 1. The van der Waals surface area contributed by atoms with Crippen LogP contribution < -0.4 is 15.1 Å². The summed E-state index contributed by atoms with van der Waals surface area (Å²) in [7, 11) is 0. The average molecular weight is 439 g/mol. The Kier molecular flexibility index (Phi) is 5.70. The molecule has 8 heteroatoms. The molecule has 0 radical (unpaired) electrons. The van der Waals surface area contributed by atoms with E-state index in [1.165, 1.54) is 0 Å². The highest BCUT2D eigenvalue weighted by Gasteiger charge is 2.30. The van der Waals surface area contributed by atoms with Crippen molar-refractivity contribution in [3.8, 4) is 0 Å². The van der Waals surface area contributed by atoms with Gasteiger partial charge in [0, 0.05) is 23.0 Å². The largest absolute Gasteiger partial charge is 0.529 e. The summed E-state index contributed by atoms with van der Waals surface area (Å²) in [6.45, 7) is 17.0. The van der Waals surface area contributed by atoms with Crippen LogP contribution in [0, 0.1) is 6.92 Å². The molecule has 0 saturated carbocycles. The molecule has 8 nitrogen and oxygen atoms in total. The van der Waals surface area contributed by atoms with E-state index >= 15 is 0 Å². The van der Waals surface area contributed by atoms with Gasteiger partial charge in [0.1, 0.15) is 17.7 Å². The van der Waals surface area contributed by atoms with Crippen LogP contribution in [0.1, 0.15) is 71.7 Å². The second-order valence-electron chi connectivity index (χ2n) is 10.2. The first-order valence-corrected chi connectivity index (χ1v) is 10.8. The monoisotopic (exact) mass is 438 g/mol. The van der Waals surface area contributed by atoms with Gasteiger partial charge in [0.25, 0.3) is 0 Å². The first kappa shape index (κ1) is 23.5. The van der Waals surface area contributed by atoms with E-state index in [0.29, 0.717) is 17.4 Å². The highest BCUT2D eigenvalue weighted by atomic mass is 16.4. The molecule has 0 aliphatic heterocycles. The fourth-order valence-corrected chi connectivity index (χ4v) is 4.31. The number of pyridine rings is 1. The minimum Gasteiger partial charge on any atom is -0.529 e. The molecule has 0 saturated heterocycles. The lowest BCUT2D eigenvalue weighted by molar-refractivity contribution is -0.262. The van der Waals surface area contributed by atoms with Gasteiger partial charge in [-0.3, -0.25) is 9.58 Å². The van der Waals surface area contributed by atoms with Gasteiger partial charge in [0.15, 0.2) is 5.82 Å². The number of fused-ring (bicyclic) bond motifs is 3. The van der Waals surface area contributed by atoms with Gasteiger partial charge in [-0.15, -0.1) is 0 Å². The zero-order valence-electron chi connectivity index (χ0n) is 20.0. The van der Waals surface area contributed by atoms with Crippen LogP contribution in [0.15, 0.2) is 12.1 Å². The third-order valence-electron chi connectivity index (χ3n) is 5.65. The number of aryl methyl sites for hydroxylation is 2. The molecule has 3 rings (SSSR count). The highest BCUT2D eigenvalue weighted by molar-refractivity contribution is 6.17. The third kappa shape index (κ3) is 3.78. The Balaban J connectivity index is 2.64. The summed E-state index contributed by atoms with van der Waals surface area (Å²) < 4.78 is 1.76. The Bertz CT molecular complexity index is 1220. The quantitative estimate of drug-likeness (QED) is 0.619. The molecule has 1 aromatic carbocycles. The van der Waals surface area contributed by atoms with E-state index in [9.17, 15) is 19.8 Å². The van der Waals surface area contributed by atoms with Crippen LogP contribution in [-0.4, -0.2) is 27.0 Å². The molecule has 3 aromatic rings. The van der Waals surface area contributed by atoms with Gasteiger partial charge in [0.05, 0.1) is 5.52 Å². The standard InChI is InChI=1S/C24H32N4O4/c1-9-12-27-13(2)16-14-10-11-15(23(3,4)5)17(24(6,7)8)18(14)25-20(19(16)26-27)28(21(29)30)22(31)32/h10-11H,9,12H2,1-8H3,(H,29,30)(H,31,32)/p-2. The minimum atomic E-state index is -1.93. The second kappa shape index (κ2) is 7.76. The van der Waals surface area contributed by atoms with Crippen LogP contribution in [-0.2, 0) is 17.4 Å². The molecular formula is C24H30N4O4-2. The molecule has 0 fully saturated rings. The molecule has 2 aromatic heterocycles. The fourth-order valence-electron chi connectivity index (χ4n) is 4.31. The van der Waals surface area contributed by atoms with Gasteiger partial charge in [0.2, 0.25) is 0 Å². The number of rotatable bonds is 3. The summed E-state index contributed by atoms with van der Waals surface area (Å²) in [4.78, 5) is 28.2. The van der Waals surface area contributed by atoms with E-state index in [4.69, 9.17) is 0 Å². The summed E-state index contributed by atoms with van der Waals surface area (Å²) in [6, 6.07) is 4.05. The summed E-state index contributed by atoms with van der Waals surface area (Å²) in [5, 5.41) is 29.5. The topological polar surface area (TPSA) is 114 Å². The predicted octanol–water partition coefficient (Wildman–Crippen LogP) is 3.39. The molecule has 172 valence electrons. The van der Waals surface area contributed by atoms with Gasteiger partial charge >= 0.3 is 0 Å². The predicted molar refractivity (Wildman–Crippen MR) is 121 cm³/mol. The number of benzene rings is 1. The number of hydrogen-bond donors (Lipinski definition) is 0. The first-order chi connectivity index (χ1) is 14.7. The molecular weight excluding hydrogens is 408 g/mol. The molecule has 0 unspecified atom stereocenters. The SMILES string of the molecule is CCCn1nc2c(N(C(=O)[O-])C(=O)[O-])nc3c(C(C)(C)C)c(C(C)(C)C)ccc3c2c1C. The lowest BCUT2D eigenvalue weighted by Crippen LogP contribution is -2.51. The number of hydrogen-bond acceptors (Lipinski definition) is 6. The van der Waals surface area contributed by atoms with Crippen molar-refractivity contribution in [2.24, 2.45) is 0 Å². The molecule has 2 heterocycles. The summed E-state index contributed by atoms with van der Waals surface area (Å²) >= 11 is 0. The van der Waals surface area contributed by atoms with Crippen LogP contribution in [0.25, 0.3) is 21.8 Å². The van der Waals surface area contributed by atoms with Crippen LogP contribution in [0.2, 0.25) is 0 Å². The van der Waals surface area contributed by atoms with Crippen molar-refractivity contribution >= 4 is 39.8 Å². The van der Waals surface area contributed by atoms with Crippen molar-refractivity contribution < 1.29 is 19.8 Å². The number of carbonyl (C=O) groups excluding carboxylic acids is 2. The lowest BCUT2D eigenvalue weighted by Gasteiger charge is -2.32. The summed E-state index contributed by atoms with van der Waals surface area (Å²) in [6.07, 6.45) is -3.04. The van der Waals surface area contributed by atoms with E-state index in [0.717, 1.165) is 28.6 Å². The molecule has 0 aliphatic carbocycles. The van der Waals surface area contributed by atoms with E-state index in [1.807, 2.05) is 19.9 Å². The average Bonchev–Trinajstić information content (AvgIpc) is 2.96. The number of amides is 2. The minimum absolute atomic E-state index is 0.0424. The number of carbonyl (C=O) groups is 2. The van der Waals surface area contributed by atoms with Gasteiger partial charge in [-0.25, -0.2) is 4.98 Å². The molecule has 0 bridgehead atoms. The number of nitrogens with zero attached hydrogens (tertiary/aromatic N) is 4. The maximum atomic E-state index is 11.8. The Labute approximate surface area is 187 Å². The van der Waals surface area contributed by atoms with Crippen molar-refractivity contribution in [3.05, 3.63) is 29.0 Å². The van der Waals surface area contributed by atoms with E-state index in [1.54, 1.807) is 4.68 Å². The van der Waals surface area contributed by atoms with Crippen LogP contribution in [0.4, 0.5) is 15.4 Å². The van der Waals surface area contributed by atoms with Crippen LogP contribution >= 0.6 is 0 Å². The van der Waals surface area contributed by atoms with Gasteiger partial charge in [-0.2, -0.15) is 5.10 Å². The van der Waals surface area contributed by atoms with Crippen molar-refractivity contribution in [1.82, 2.24) is 14.8 Å². The Morgan fingerprint density at radius 1 is 1.00 bits per heavy atom. The first-order valence-electron chi connectivity index (χ1n) is 10.8. The summed E-state index contributed by atoms with van der Waals surface area (Å²) in [5.41, 5.74) is 3.00. The molecule has 0 spiro atoms. The van der Waals surface area contributed by atoms with Crippen molar-refractivity contribution in [1.29, 1.82) is 0 Å². The number of imide groups is 1. The lowest BCUT2D eigenvalue weighted by atomic mass is 9.74. The van der Waals surface area contributed by atoms with Gasteiger partial charge in [-0.05, 0) is 35.3 Å². The van der Waals surface area contributed by atoms with Crippen LogP contribution in [0.5, 0.6) is 0 Å². The van der Waals surface area contributed by atoms with E-state index in [2.05, 4.69) is 57.7 Å². The molecule has 32 heavy (non-hydrogen) atoms. The number of carboxylic acid groups (broad SMARTS) is 2. The summed E-state index contributed by atoms with van der Waals surface area (Å²) in [5.74, 6) is -0.304. The van der Waals surface area contributed by atoms with Crippen molar-refractivity contribution in [2.75, 3.05) is 4.90 Å². The Hall–Kier alpha value is -3.16. The highest BCUT2D eigenvalue weighted by Crippen LogP contribution is 2.42. The molecule has 0 atom stereocenters. The van der Waals surface area contributed by atoms with E-state index < -0.39 is 12.2 Å². The molecule has 0 aliphatic rings. The zero-order valence-corrected chi connectivity index (χ0v) is 20.0. The molecule has 0 N–H and O–H groups in total. The third-order valence-corrected chi connectivity index (χ3v) is 5.65. The smallest absolute Gasteiger partial charge is 0.168 e. The fraction of sp³-hybridized carbons (Fsp3) is 0.500. The maximum Gasteiger partial charge on any atom is 0.168 e. The Morgan fingerprint density at radius 3 is 2.06 bits per heavy atom. The second-order valence-corrected chi connectivity index (χ2v) is 10.2. The van der Waals surface area contributed by atoms with Gasteiger partial charge in [-0.1, -0.05) is 60.6 Å². The van der Waals surface area contributed by atoms with E-state index in [-0.39, 0.29) is 27.1 Å². The normalized spacial score (nSPS) is 12.5. The van der Waals surface area contributed by atoms with Gasteiger partial charge < -0.3 is 19.8 Å². The zero-order chi connectivity index (χ0) is 24.2. The molecule has 2 amide bonds. The van der Waals surface area contributed by atoms with Crippen molar-refractivity contribution in [2.45, 2.75) is 79.2 Å². The maximum absolute atomic E-state index is 11.8. The van der Waals surface area contributed by atoms with Crippen molar-refractivity contribution in [3.63, 3.8) is 0 Å². The van der Waals surface area contributed by atoms with Crippen LogP contribution in [0.3, 0.4) is 0 Å². The Morgan fingerprint density at radius 2 is 1.59 bits per heavy atom.